The van der Waals surface area contributed by atoms with Crippen LogP contribution >= 0.6 is 0 Å². The topological polar surface area (TPSA) is 59.9 Å². The second kappa shape index (κ2) is 3.88. The summed E-state index contributed by atoms with van der Waals surface area (Å²) < 4.78 is 5.84. The van der Waals surface area contributed by atoms with Crippen molar-refractivity contribution in [2.45, 2.75) is 37.5 Å². The van der Waals surface area contributed by atoms with E-state index in [0.717, 1.165) is 29.4 Å². The first-order chi connectivity index (χ1) is 8.90. The number of nitrogens with zero attached hydrogens (tertiary/aromatic N) is 3. The Balaban J connectivity index is 1.67. The summed E-state index contributed by atoms with van der Waals surface area (Å²) in [5.41, 5.74) is 0. The first-order valence-corrected chi connectivity index (χ1v) is 6.37. The van der Waals surface area contributed by atoms with Crippen LogP contribution in [0.15, 0.2) is 24.7 Å². The Morgan fingerprint density at radius 1 is 1.28 bits per heavy atom. The van der Waals surface area contributed by atoms with Crippen LogP contribution in [0.1, 0.15) is 19.3 Å². The predicted molar refractivity (Wildman–Crippen MR) is 67.3 cm³/mol. The predicted octanol–water partition coefficient (Wildman–Crippen LogP) is 1.76. The van der Waals surface area contributed by atoms with Gasteiger partial charge in [0.1, 0.15) is 0 Å². The van der Waals surface area contributed by atoms with E-state index in [4.69, 9.17) is 4.74 Å². The molecule has 92 valence electrons. The van der Waals surface area contributed by atoms with E-state index in [1.165, 1.54) is 6.42 Å². The molecule has 4 heterocycles. The van der Waals surface area contributed by atoms with E-state index in [-0.39, 0.29) is 0 Å². The molecule has 2 aromatic rings. The van der Waals surface area contributed by atoms with Crippen molar-refractivity contribution >= 4 is 16.6 Å². The molecule has 2 bridgehead atoms. The SMILES string of the molecule is c1cc2cnnc(N[C@@H]3C[C@@H]4CC[C@H]3O4)c2cn1. The number of pyridine rings is 1. The lowest BCUT2D eigenvalue weighted by atomic mass is 9.95. The second-order valence-electron chi connectivity index (χ2n) is 5.02. The molecule has 1 N–H and O–H groups in total. The maximum Gasteiger partial charge on any atom is 0.158 e. The number of hydrogen-bond donors (Lipinski definition) is 1. The van der Waals surface area contributed by atoms with Crippen LogP contribution in [0.4, 0.5) is 5.82 Å². The third kappa shape index (κ3) is 1.54. The Morgan fingerprint density at radius 3 is 3.11 bits per heavy atom. The molecule has 0 amide bonds. The van der Waals surface area contributed by atoms with Crippen LogP contribution in [-0.4, -0.2) is 33.4 Å². The van der Waals surface area contributed by atoms with Crippen molar-refractivity contribution in [3.05, 3.63) is 24.7 Å². The number of fused-ring (bicyclic) bond motifs is 3. The van der Waals surface area contributed by atoms with Gasteiger partial charge in [0.15, 0.2) is 5.82 Å². The number of ether oxygens (including phenoxy) is 1. The average Bonchev–Trinajstić information content (AvgIpc) is 3.01. The molecule has 18 heavy (non-hydrogen) atoms. The van der Waals surface area contributed by atoms with Gasteiger partial charge in [0.25, 0.3) is 0 Å². The third-order valence-corrected chi connectivity index (χ3v) is 3.89. The smallest absolute Gasteiger partial charge is 0.158 e. The van der Waals surface area contributed by atoms with Crippen molar-refractivity contribution in [3.63, 3.8) is 0 Å². The van der Waals surface area contributed by atoms with Crippen LogP contribution in [0.3, 0.4) is 0 Å². The molecule has 0 saturated carbocycles. The number of rotatable bonds is 2. The Bertz CT molecular complexity index is 583. The molecule has 2 aliphatic rings. The number of nitrogens with one attached hydrogen (secondary N) is 1. The van der Waals surface area contributed by atoms with Crippen molar-refractivity contribution in [1.29, 1.82) is 0 Å². The molecule has 5 nitrogen and oxygen atoms in total. The quantitative estimate of drug-likeness (QED) is 0.869. The molecule has 0 aliphatic carbocycles. The van der Waals surface area contributed by atoms with Crippen LogP contribution < -0.4 is 5.32 Å². The fourth-order valence-corrected chi connectivity index (χ4v) is 2.99. The molecule has 2 fully saturated rings. The van der Waals surface area contributed by atoms with Gasteiger partial charge in [0.2, 0.25) is 0 Å². The van der Waals surface area contributed by atoms with E-state index in [2.05, 4.69) is 20.5 Å². The van der Waals surface area contributed by atoms with Gasteiger partial charge in [0, 0.05) is 23.2 Å². The summed E-state index contributed by atoms with van der Waals surface area (Å²) in [6.07, 6.45) is 9.57. The van der Waals surface area contributed by atoms with Gasteiger partial charge < -0.3 is 10.1 Å². The Kier molecular flexibility index (Phi) is 2.20. The minimum atomic E-state index is 0.337. The molecule has 4 rings (SSSR count). The molecular weight excluding hydrogens is 228 g/mol. The van der Waals surface area contributed by atoms with Crippen molar-refractivity contribution in [2.75, 3.05) is 5.32 Å². The molecule has 0 aromatic carbocycles. The molecular formula is C13H14N4O. The molecule has 0 radical (unpaired) electrons. The van der Waals surface area contributed by atoms with Crippen LogP contribution in [0.2, 0.25) is 0 Å². The molecule has 0 spiro atoms. The number of aromatic nitrogens is 3. The summed E-state index contributed by atoms with van der Waals surface area (Å²) in [6.45, 7) is 0. The van der Waals surface area contributed by atoms with Crippen molar-refractivity contribution in [2.24, 2.45) is 0 Å². The lowest BCUT2D eigenvalue weighted by Crippen LogP contribution is -2.31. The maximum atomic E-state index is 5.84. The van der Waals surface area contributed by atoms with Gasteiger partial charge >= 0.3 is 0 Å². The number of anilines is 1. The van der Waals surface area contributed by atoms with Crippen LogP contribution in [-0.2, 0) is 4.74 Å². The first-order valence-electron chi connectivity index (χ1n) is 6.37. The summed E-state index contributed by atoms with van der Waals surface area (Å²) in [5, 5.41) is 13.8. The zero-order chi connectivity index (χ0) is 11.9. The average molecular weight is 242 g/mol. The molecule has 5 heteroatoms. The lowest BCUT2D eigenvalue weighted by Gasteiger charge is -2.20. The van der Waals surface area contributed by atoms with Gasteiger partial charge in [-0.1, -0.05) is 0 Å². The third-order valence-electron chi connectivity index (χ3n) is 3.89. The first kappa shape index (κ1) is 10.2. The summed E-state index contributed by atoms with van der Waals surface area (Å²) in [6, 6.07) is 2.32. The minimum absolute atomic E-state index is 0.337. The van der Waals surface area contributed by atoms with E-state index in [0.29, 0.717) is 18.2 Å². The van der Waals surface area contributed by atoms with Gasteiger partial charge in [-0.3, -0.25) is 4.98 Å². The van der Waals surface area contributed by atoms with Gasteiger partial charge in [-0.25, -0.2) is 0 Å². The van der Waals surface area contributed by atoms with Crippen LogP contribution in [0.25, 0.3) is 10.8 Å². The highest BCUT2D eigenvalue weighted by Gasteiger charge is 2.40. The second-order valence-corrected chi connectivity index (χ2v) is 5.02. The zero-order valence-electron chi connectivity index (χ0n) is 9.91. The van der Waals surface area contributed by atoms with Crippen LogP contribution in [0, 0.1) is 0 Å². The van der Waals surface area contributed by atoms with Gasteiger partial charge in [-0.15, -0.1) is 5.10 Å². The summed E-state index contributed by atoms with van der Waals surface area (Å²) in [4.78, 5) is 4.16. The fourth-order valence-electron chi connectivity index (χ4n) is 2.99. The lowest BCUT2D eigenvalue weighted by molar-refractivity contribution is 0.102. The van der Waals surface area contributed by atoms with Crippen molar-refractivity contribution in [3.8, 4) is 0 Å². The fraction of sp³-hybridized carbons (Fsp3) is 0.462. The molecule has 0 unspecified atom stereocenters. The Labute approximate surface area is 105 Å². The largest absolute Gasteiger partial charge is 0.373 e. The van der Waals surface area contributed by atoms with Gasteiger partial charge in [-0.05, 0) is 25.3 Å². The summed E-state index contributed by atoms with van der Waals surface area (Å²) >= 11 is 0. The van der Waals surface area contributed by atoms with E-state index >= 15 is 0 Å². The van der Waals surface area contributed by atoms with Gasteiger partial charge in [0.05, 0.1) is 24.4 Å². The molecule has 2 saturated heterocycles. The molecule has 3 atom stereocenters. The van der Waals surface area contributed by atoms with Crippen molar-refractivity contribution in [1.82, 2.24) is 15.2 Å². The van der Waals surface area contributed by atoms with E-state index < -0.39 is 0 Å². The summed E-state index contributed by atoms with van der Waals surface area (Å²) in [7, 11) is 0. The maximum absolute atomic E-state index is 5.84. The standard InChI is InChI=1S/C13H14N4O/c1-2-12-11(5-9(1)18-12)16-13-10-7-14-4-3-8(10)6-15-17-13/h3-4,6-7,9,11-12H,1-2,5H2,(H,16,17)/t9-,11+,12+/m0/s1. The highest BCUT2D eigenvalue weighted by Crippen LogP contribution is 2.36. The van der Waals surface area contributed by atoms with Crippen molar-refractivity contribution < 1.29 is 4.74 Å². The zero-order valence-corrected chi connectivity index (χ0v) is 9.91. The number of hydrogen-bond acceptors (Lipinski definition) is 5. The van der Waals surface area contributed by atoms with Gasteiger partial charge in [-0.2, -0.15) is 5.10 Å². The van der Waals surface area contributed by atoms with E-state index in [1.54, 1.807) is 12.4 Å². The highest BCUT2D eigenvalue weighted by molar-refractivity contribution is 5.90. The van der Waals surface area contributed by atoms with E-state index in [9.17, 15) is 0 Å². The Morgan fingerprint density at radius 2 is 2.28 bits per heavy atom. The molecule has 2 aliphatic heterocycles. The normalized spacial score (nSPS) is 29.9. The molecule has 2 aromatic heterocycles. The summed E-state index contributed by atoms with van der Waals surface area (Å²) in [5.74, 6) is 0.821. The van der Waals surface area contributed by atoms with E-state index in [1.807, 2.05) is 12.3 Å². The van der Waals surface area contributed by atoms with Crippen LogP contribution in [0.5, 0.6) is 0 Å². The minimum Gasteiger partial charge on any atom is -0.373 e. The monoisotopic (exact) mass is 242 g/mol. The highest BCUT2D eigenvalue weighted by atomic mass is 16.5. The Hall–Kier alpha value is -1.75.